The maximum Gasteiger partial charge on any atom is 0.140 e. The van der Waals surface area contributed by atoms with E-state index in [0.717, 1.165) is 18.7 Å². The minimum absolute atomic E-state index is 0.203. The molecular weight excluding hydrogens is 176 g/mol. The average Bonchev–Trinajstić information content (AvgIpc) is 2.18. The van der Waals surface area contributed by atoms with E-state index in [1.165, 1.54) is 0 Å². The molecule has 0 aliphatic carbocycles. The Labute approximate surface area is 83.8 Å². The van der Waals surface area contributed by atoms with Gasteiger partial charge in [-0.05, 0) is 25.5 Å². The highest BCUT2D eigenvalue weighted by molar-refractivity contribution is 5.42. The quantitative estimate of drug-likeness (QED) is 0.745. The standard InChI is InChI=1S/C10H14N4/c1-8(12)4-5-13-10-3-2-9(6-11)14-7-10/h2-3,7-8,13H,4-5,12H2,1H3. The highest BCUT2D eigenvalue weighted by Gasteiger charge is 1.95. The largest absolute Gasteiger partial charge is 0.384 e. The smallest absolute Gasteiger partial charge is 0.140 e. The van der Waals surface area contributed by atoms with E-state index in [-0.39, 0.29) is 6.04 Å². The molecule has 0 saturated carbocycles. The van der Waals surface area contributed by atoms with Gasteiger partial charge in [-0.1, -0.05) is 0 Å². The number of aromatic nitrogens is 1. The lowest BCUT2D eigenvalue weighted by atomic mass is 10.2. The van der Waals surface area contributed by atoms with Gasteiger partial charge >= 0.3 is 0 Å². The number of pyridine rings is 1. The molecule has 4 nitrogen and oxygen atoms in total. The van der Waals surface area contributed by atoms with Gasteiger partial charge in [-0.25, -0.2) is 4.98 Å². The van der Waals surface area contributed by atoms with Crippen LogP contribution in [-0.4, -0.2) is 17.6 Å². The SMILES string of the molecule is CC(N)CCNc1ccc(C#N)nc1. The van der Waals surface area contributed by atoms with E-state index in [1.807, 2.05) is 19.1 Å². The van der Waals surface area contributed by atoms with E-state index in [0.29, 0.717) is 5.69 Å². The van der Waals surface area contributed by atoms with E-state index in [9.17, 15) is 0 Å². The van der Waals surface area contributed by atoms with Crippen molar-refractivity contribution in [2.75, 3.05) is 11.9 Å². The summed E-state index contributed by atoms with van der Waals surface area (Å²) in [4.78, 5) is 3.94. The number of anilines is 1. The second-order valence-corrected chi connectivity index (χ2v) is 3.24. The molecule has 0 radical (unpaired) electrons. The number of hydrogen-bond acceptors (Lipinski definition) is 4. The highest BCUT2D eigenvalue weighted by atomic mass is 14.9. The summed E-state index contributed by atoms with van der Waals surface area (Å²) in [6.45, 7) is 2.80. The van der Waals surface area contributed by atoms with Crippen molar-refractivity contribution in [1.82, 2.24) is 4.98 Å². The van der Waals surface area contributed by atoms with E-state index < -0.39 is 0 Å². The molecule has 0 saturated heterocycles. The second-order valence-electron chi connectivity index (χ2n) is 3.24. The molecule has 0 spiro atoms. The van der Waals surface area contributed by atoms with Crippen LogP contribution in [0.2, 0.25) is 0 Å². The Morgan fingerprint density at radius 2 is 2.43 bits per heavy atom. The average molecular weight is 190 g/mol. The van der Waals surface area contributed by atoms with Crippen LogP contribution < -0.4 is 11.1 Å². The summed E-state index contributed by atoms with van der Waals surface area (Å²) in [5, 5.41) is 11.7. The monoisotopic (exact) mass is 190 g/mol. The Morgan fingerprint density at radius 3 is 2.93 bits per heavy atom. The first-order chi connectivity index (χ1) is 6.72. The number of hydrogen-bond donors (Lipinski definition) is 2. The zero-order valence-electron chi connectivity index (χ0n) is 8.20. The third-order valence-electron chi connectivity index (χ3n) is 1.81. The first-order valence-electron chi connectivity index (χ1n) is 4.58. The topological polar surface area (TPSA) is 74.7 Å². The van der Waals surface area contributed by atoms with Crippen LogP contribution in [0, 0.1) is 11.3 Å². The first kappa shape index (κ1) is 10.5. The van der Waals surface area contributed by atoms with Gasteiger partial charge in [0.25, 0.3) is 0 Å². The summed E-state index contributed by atoms with van der Waals surface area (Å²) >= 11 is 0. The molecule has 1 unspecified atom stereocenters. The van der Waals surface area contributed by atoms with Gasteiger partial charge in [-0.2, -0.15) is 5.26 Å². The Balaban J connectivity index is 2.41. The van der Waals surface area contributed by atoms with Crippen LogP contribution in [0.15, 0.2) is 18.3 Å². The van der Waals surface area contributed by atoms with Crippen molar-refractivity contribution in [3.8, 4) is 6.07 Å². The van der Waals surface area contributed by atoms with Gasteiger partial charge in [0.15, 0.2) is 0 Å². The van der Waals surface area contributed by atoms with Crippen molar-refractivity contribution in [2.45, 2.75) is 19.4 Å². The van der Waals surface area contributed by atoms with E-state index in [2.05, 4.69) is 10.3 Å². The molecule has 1 atom stereocenters. The molecule has 0 fully saturated rings. The van der Waals surface area contributed by atoms with Gasteiger partial charge in [-0.15, -0.1) is 0 Å². The van der Waals surface area contributed by atoms with Gasteiger partial charge in [0.1, 0.15) is 11.8 Å². The van der Waals surface area contributed by atoms with Crippen LogP contribution in [0.1, 0.15) is 19.0 Å². The third kappa shape index (κ3) is 3.42. The van der Waals surface area contributed by atoms with Crippen molar-refractivity contribution >= 4 is 5.69 Å². The fourth-order valence-corrected chi connectivity index (χ4v) is 1.01. The van der Waals surface area contributed by atoms with Gasteiger partial charge < -0.3 is 11.1 Å². The molecule has 0 aromatic carbocycles. The fourth-order valence-electron chi connectivity index (χ4n) is 1.01. The number of rotatable bonds is 4. The minimum Gasteiger partial charge on any atom is -0.384 e. The summed E-state index contributed by atoms with van der Waals surface area (Å²) in [6.07, 6.45) is 2.57. The highest BCUT2D eigenvalue weighted by Crippen LogP contribution is 2.05. The van der Waals surface area contributed by atoms with Crippen molar-refractivity contribution < 1.29 is 0 Å². The molecule has 0 aliphatic heterocycles. The van der Waals surface area contributed by atoms with Crippen molar-refractivity contribution in [1.29, 1.82) is 5.26 Å². The third-order valence-corrected chi connectivity index (χ3v) is 1.81. The molecule has 74 valence electrons. The second kappa shape index (κ2) is 5.20. The summed E-state index contributed by atoms with van der Waals surface area (Å²) in [5.74, 6) is 0. The molecular formula is C10H14N4. The Kier molecular flexibility index (Phi) is 3.89. The van der Waals surface area contributed by atoms with Crippen LogP contribution in [0.3, 0.4) is 0 Å². The van der Waals surface area contributed by atoms with Crippen LogP contribution in [-0.2, 0) is 0 Å². The Bertz CT molecular complexity index is 310. The Hall–Kier alpha value is -1.60. The minimum atomic E-state index is 0.203. The molecule has 0 aliphatic rings. The zero-order valence-corrected chi connectivity index (χ0v) is 8.20. The number of nitriles is 1. The van der Waals surface area contributed by atoms with E-state index >= 15 is 0 Å². The molecule has 0 amide bonds. The van der Waals surface area contributed by atoms with Crippen LogP contribution in [0.4, 0.5) is 5.69 Å². The maximum absolute atomic E-state index is 8.53. The van der Waals surface area contributed by atoms with Gasteiger partial charge in [0, 0.05) is 12.6 Å². The van der Waals surface area contributed by atoms with E-state index in [4.69, 9.17) is 11.0 Å². The zero-order chi connectivity index (χ0) is 10.4. The lowest BCUT2D eigenvalue weighted by Gasteiger charge is -2.07. The summed E-state index contributed by atoms with van der Waals surface area (Å²) in [5.41, 5.74) is 6.96. The Morgan fingerprint density at radius 1 is 1.64 bits per heavy atom. The molecule has 1 rings (SSSR count). The molecule has 0 bridgehead atoms. The van der Waals surface area contributed by atoms with Crippen molar-refractivity contribution in [3.63, 3.8) is 0 Å². The molecule has 3 N–H and O–H groups in total. The number of nitrogens with zero attached hydrogens (tertiary/aromatic N) is 2. The van der Waals surface area contributed by atoms with E-state index in [1.54, 1.807) is 12.3 Å². The van der Waals surface area contributed by atoms with Gasteiger partial charge in [-0.3, -0.25) is 0 Å². The normalized spacial score (nSPS) is 11.8. The summed E-state index contributed by atoms with van der Waals surface area (Å²) in [7, 11) is 0. The van der Waals surface area contributed by atoms with Gasteiger partial charge in [0.05, 0.1) is 11.9 Å². The lowest BCUT2D eigenvalue weighted by Crippen LogP contribution is -2.19. The van der Waals surface area contributed by atoms with Gasteiger partial charge in [0.2, 0.25) is 0 Å². The molecule has 14 heavy (non-hydrogen) atoms. The summed E-state index contributed by atoms with van der Waals surface area (Å²) in [6, 6.07) is 5.70. The predicted octanol–water partition coefficient (Wildman–Crippen LogP) is 1.10. The summed E-state index contributed by atoms with van der Waals surface area (Å²) < 4.78 is 0. The predicted molar refractivity (Wildman–Crippen MR) is 55.7 cm³/mol. The van der Waals surface area contributed by atoms with Crippen LogP contribution in [0.5, 0.6) is 0 Å². The first-order valence-corrected chi connectivity index (χ1v) is 4.58. The molecule has 1 aromatic heterocycles. The van der Waals surface area contributed by atoms with Crippen LogP contribution >= 0.6 is 0 Å². The van der Waals surface area contributed by atoms with Crippen LogP contribution in [0.25, 0.3) is 0 Å². The lowest BCUT2D eigenvalue weighted by molar-refractivity contribution is 0.690. The number of nitrogens with two attached hydrogens (primary N) is 1. The molecule has 1 aromatic rings. The van der Waals surface area contributed by atoms with Crippen molar-refractivity contribution in [3.05, 3.63) is 24.0 Å². The fraction of sp³-hybridized carbons (Fsp3) is 0.400. The number of nitrogens with one attached hydrogen (secondary N) is 1. The van der Waals surface area contributed by atoms with Crippen molar-refractivity contribution in [2.24, 2.45) is 5.73 Å². The maximum atomic E-state index is 8.53. The molecule has 4 heteroatoms. The molecule has 1 heterocycles.